The van der Waals surface area contributed by atoms with Crippen molar-refractivity contribution in [1.82, 2.24) is 0 Å². The fraction of sp³-hybridized carbons (Fsp3) is 0.500. The summed E-state index contributed by atoms with van der Waals surface area (Å²) in [4.78, 5) is 11.9. The molecule has 1 aromatic carbocycles. The van der Waals surface area contributed by atoms with Gasteiger partial charge in [0.2, 0.25) is 0 Å². The van der Waals surface area contributed by atoms with Crippen LogP contribution in [0.1, 0.15) is 43.0 Å². The summed E-state index contributed by atoms with van der Waals surface area (Å²) in [5.74, 6) is 1.63. The molecule has 3 nitrogen and oxygen atoms in total. The molecule has 0 aromatic heterocycles. The lowest BCUT2D eigenvalue weighted by Gasteiger charge is -2.08. The maximum atomic E-state index is 11.9. The third-order valence-corrected chi connectivity index (χ3v) is 2.83. The molecule has 17 heavy (non-hydrogen) atoms. The number of hydrogen-bond donors (Lipinski definition) is 0. The van der Waals surface area contributed by atoms with E-state index in [-0.39, 0.29) is 5.78 Å². The zero-order valence-electron chi connectivity index (χ0n) is 10.2. The molecule has 0 saturated carbocycles. The molecule has 1 aromatic rings. The molecule has 0 atom stereocenters. The number of carbonyl (C=O) groups is 1. The lowest BCUT2D eigenvalue weighted by Crippen LogP contribution is -2.00. The zero-order valence-corrected chi connectivity index (χ0v) is 10.2. The van der Waals surface area contributed by atoms with E-state index in [1.54, 1.807) is 6.07 Å². The lowest BCUT2D eigenvalue weighted by atomic mass is 10.1. The van der Waals surface area contributed by atoms with Gasteiger partial charge in [-0.1, -0.05) is 13.3 Å². The monoisotopic (exact) mass is 234 g/mol. The van der Waals surface area contributed by atoms with Gasteiger partial charge in [-0.15, -0.1) is 0 Å². The van der Waals surface area contributed by atoms with E-state index in [1.165, 1.54) is 0 Å². The number of carbonyl (C=O) groups excluding carboxylic acids is 1. The zero-order chi connectivity index (χ0) is 12.1. The van der Waals surface area contributed by atoms with Crippen molar-refractivity contribution < 1.29 is 14.3 Å². The highest BCUT2D eigenvalue weighted by molar-refractivity contribution is 5.96. The van der Waals surface area contributed by atoms with Gasteiger partial charge in [-0.05, 0) is 24.6 Å². The van der Waals surface area contributed by atoms with Crippen molar-refractivity contribution in [3.63, 3.8) is 0 Å². The second-order valence-corrected chi connectivity index (χ2v) is 4.24. The van der Waals surface area contributed by atoms with E-state index in [0.29, 0.717) is 25.4 Å². The van der Waals surface area contributed by atoms with E-state index in [2.05, 4.69) is 6.92 Å². The number of ether oxygens (including phenoxy) is 2. The van der Waals surface area contributed by atoms with Crippen molar-refractivity contribution >= 4 is 5.78 Å². The highest BCUT2D eigenvalue weighted by Crippen LogP contribution is 2.30. The second kappa shape index (κ2) is 5.71. The van der Waals surface area contributed by atoms with Crippen molar-refractivity contribution in [2.24, 2.45) is 0 Å². The highest BCUT2D eigenvalue weighted by atomic mass is 16.5. The Bertz CT molecular complexity index is 398. The summed E-state index contributed by atoms with van der Waals surface area (Å²) in [6, 6.07) is 5.46. The minimum atomic E-state index is 0.183. The fourth-order valence-electron chi connectivity index (χ4n) is 1.82. The Kier molecular flexibility index (Phi) is 4.02. The van der Waals surface area contributed by atoms with Gasteiger partial charge in [-0.2, -0.15) is 0 Å². The Balaban J connectivity index is 2.14. The van der Waals surface area contributed by atoms with Crippen LogP contribution in [0.4, 0.5) is 0 Å². The first-order chi connectivity index (χ1) is 8.31. The van der Waals surface area contributed by atoms with Crippen molar-refractivity contribution in [2.45, 2.75) is 32.6 Å². The maximum Gasteiger partial charge on any atom is 0.163 e. The molecule has 0 bridgehead atoms. The summed E-state index contributed by atoms with van der Waals surface area (Å²) in [5, 5.41) is 0. The molecular weight excluding hydrogens is 216 g/mol. The van der Waals surface area contributed by atoms with Crippen molar-refractivity contribution in [3.8, 4) is 11.5 Å². The molecule has 1 heterocycles. The first-order valence-electron chi connectivity index (χ1n) is 6.24. The molecule has 0 amide bonds. The molecule has 92 valence electrons. The number of hydrogen-bond acceptors (Lipinski definition) is 3. The maximum absolute atomic E-state index is 11.9. The lowest BCUT2D eigenvalue weighted by molar-refractivity contribution is 0.0979. The van der Waals surface area contributed by atoms with Crippen LogP contribution in [-0.2, 0) is 0 Å². The summed E-state index contributed by atoms with van der Waals surface area (Å²) in [5.41, 5.74) is 0.725. The number of unbranched alkanes of at least 4 members (excludes halogenated alkanes) is 1. The number of fused-ring (bicyclic) bond motifs is 1. The first-order valence-corrected chi connectivity index (χ1v) is 6.24. The molecule has 0 aliphatic carbocycles. The molecule has 0 spiro atoms. The predicted molar refractivity (Wildman–Crippen MR) is 65.9 cm³/mol. The van der Waals surface area contributed by atoms with Gasteiger partial charge in [-0.3, -0.25) is 4.79 Å². The Morgan fingerprint density at radius 2 is 2.00 bits per heavy atom. The molecule has 1 aliphatic heterocycles. The molecule has 0 fully saturated rings. The van der Waals surface area contributed by atoms with Crippen LogP contribution < -0.4 is 9.47 Å². The average molecular weight is 234 g/mol. The number of Topliss-reactive ketones (excluding diaryl/α,β-unsaturated/α-hetero) is 1. The van der Waals surface area contributed by atoms with Crippen LogP contribution in [0.15, 0.2) is 18.2 Å². The Hall–Kier alpha value is -1.51. The first kappa shape index (κ1) is 12.0. The number of ketones is 1. The number of benzene rings is 1. The van der Waals surface area contributed by atoms with Crippen LogP contribution in [0.5, 0.6) is 11.5 Å². The van der Waals surface area contributed by atoms with E-state index >= 15 is 0 Å². The summed E-state index contributed by atoms with van der Waals surface area (Å²) in [7, 11) is 0. The topological polar surface area (TPSA) is 35.5 Å². The number of rotatable bonds is 4. The van der Waals surface area contributed by atoms with Gasteiger partial charge in [0.25, 0.3) is 0 Å². The Morgan fingerprint density at radius 3 is 2.76 bits per heavy atom. The molecule has 2 rings (SSSR count). The van der Waals surface area contributed by atoms with E-state index in [9.17, 15) is 4.79 Å². The van der Waals surface area contributed by atoms with Gasteiger partial charge in [0.05, 0.1) is 13.2 Å². The average Bonchev–Trinajstić information content (AvgIpc) is 2.60. The van der Waals surface area contributed by atoms with E-state index in [1.807, 2.05) is 12.1 Å². The van der Waals surface area contributed by atoms with Gasteiger partial charge >= 0.3 is 0 Å². The highest BCUT2D eigenvalue weighted by Gasteiger charge is 2.13. The van der Waals surface area contributed by atoms with Crippen LogP contribution in [0.2, 0.25) is 0 Å². The van der Waals surface area contributed by atoms with E-state index in [0.717, 1.165) is 30.6 Å². The largest absolute Gasteiger partial charge is 0.490 e. The molecule has 0 saturated heterocycles. The Labute approximate surface area is 102 Å². The molecule has 3 heteroatoms. The van der Waals surface area contributed by atoms with Gasteiger partial charge < -0.3 is 9.47 Å². The molecule has 0 radical (unpaired) electrons. The summed E-state index contributed by atoms with van der Waals surface area (Å²) >= 11 is 0. The smallest absolute Gasteiger partial charge is 0.163 e. The van der Waals surface area contributed by atoms with Crippen LogP contribution in [-0.4, -0.2) is 19.0 Å². The van der Waals surface area contributed by atoms with Crippen molar-refractivity contribution in [2.75, 3.05) is 13.2 Å². The fourth-order valence-corrected chi connectivity index (χ4v) is 1.82. The molecule has 1 aliphatic rings. The van der Waals surface area contributed by atoms with E-state index in [4.69, 9.17) is 9.47 Å². The van der Waals surface area contributed by atoms with Gasteiger partial charge in [0.1, 0.15) is 0 Å². The third kappa shape index (κ3) is 2.99. The van der Waals surface area contributed by atoms with Gasteiger partial charge in [0, 0.05) is 18.4 Å². The van der Waals surface area contributed by atoms with E-state index < -0.39 is 0 Å². The summed E-state index contributed by atoms with van der Waals surface area (Å²) in [6.07, 6.45) is 3.47. The molecule has 0 N–H and O–H groups in total. The van der Waals surface area contributed by atoms with Gasteiger partial charge in [-0.25, -0.2) is 0 Å². The third-order valence-electron chi connectivity index (χ3n) is 2.83. The second-order valence-electron chi connectivity index (χ2n) is 4.24. The summed E-state index contributed by atoms with van der Waals surface area (Å²) < 4.78 is 11.1. The van der Waals surface area contributed by atoms with Crippen LogP contribution in [0.25, 0.3) is 0 Å². The van der Waals surface area contributed by atoms with Crippen LogP contribution in [0, 0.1) is 0 Å². The van der Waals surface area contributed by atoms with Crippen molar-refractivity contribution in [3.05, 3.63) is 23.8 Å². The normalized spacial score (nSPS) is 14.2. The minimum Gasteiger partial charge on any atom is -0.490 e. The van der Waals surface area contributed by atoms with Crippen LogP contribution in [0.3, 0.4) is 0 Å². The standard InChI is InChI=1S/C14H18O3/c1-2-3-5-12(15)11-6-7-13-14(10-11)17-9-4-8-16-13/h6-7,10H,2-5,8-9H2,1H3. The SMILES string of the molecule is CCCCC(=O)c1ccc2c(c1)OCCCO2. The minimum absolute atomic E-state index is 0.183. The predicted octanol–water partition coefficient (Wildman–Crippen LogP) is 3.22. The van der Waals surface area contributed by atoms with Gasteiger partial charge in [0.15, 0.2) is 17.3 Å². The van der Waals surface area contributed by atoms with Crippen LogP contribution >= 0.6 is 0 Å². The summed E-state index contributed by atoms with van der Waals surface area (Å²) in [6.45, 7) is 3.41. The molecular formula is C14H18O3. The molecule has 0 unspecified atom stereocenters. The quantitative estimate of drug-likeness (QED) is 0.750. The van der Waals surface area contributed by atoms with Crippen molar-refractivity contribution in [1.29, 1.82) is 0 Å². The Morgan fingerprint density at radius 1 is 1.24 bits per heavy atom.